The van der Waals surface area contributed by atoms with Crippen LogP contribution in [0.2, 0.25) is 0 Å². The molecule has 1 N–H and O–H groups in total. The Kier molecular flexibility index (Phi) is 5.54. The first-order valence-electron chi connectivity index (χ1n) is 5.49. The maximum atomic E-state index is 4.34. The Morgan fingerprint density at radius 3 is 2.93 bits per heavy atom. The molecule has 0 aliphatic heterocycles. The lowest BCUT2D eigenvalue weighted by molar-refractivity contribution is 0.750. The fourth-order valence-corrected chi connectivity index (χ4v) is 2.33. The minimum absolute atomic E-state index is 0.759. The fourth-order valence-electron chi connectivity index (χ4n) is 1.29. The Morgan fingerprint density at radius 2 is 2.27 bits per heavy atom. The normalized spacial score (nSPS) is 10.7. The van der Waals surface area contributed by atoms with E-state index in [-0.39, 0.29) is 0 Å². The summed E-state index contributed by atoms with van der Waals surface area (Å²) in [5.41, 5.74) is 1.31. The Labute approximate surface area is 96.9 Å². The van der Waals surface area contributed by atoms with E-state index in [2.05, 4.69) is 37.1 Å². The maximum Gasteiger partial charge on any atom is 0.129 e. The van der Waals surface area contributed by atoms with Crippen molar-refractivity contribution >= 4 is 17.6 Å². The predicted octanol–water partition coefficient (Wildman–Crippen LogP) is 3.40. The topological polar surface area (TPSA) is 24.9 Å². The van der Waals surface area contributed by atoms with E-state index in [1.54, 1.807) is 0 Å². The molecule has 0 fully saturated rings. The maximum absolute atomic E-state index is 4.34. The Balaban J connectivity index is 2.51. The number of hydrogen-bond donors (Lipinski definition) is 1. The second-order valence-corrected chi connectivity index (χ2v) is 4.98. The van der Waals surface area contributed by atoms with Gasteiger partial charge in [0, 0.05) is 24.1 Å². The van der Waals surface area contributed by atoms with Gasteiger partial charge in [0.1, 0.15) is 5.82 Å². The van der Waals surface area contributed by atoms with Crippen molar-refractivity contribution in [1.82, 2.24) is 4.98 Å². The third-order valence-electron chi connectivity index (χ3n) is 1.94. The third kappa shape index (κ3) is 4.56. The first-order chi connectivity index (χ1) is 7.24. The van der Waals surface area contributed by atoms with Crippen molar-refractivity contribution in [1.29, 1.82) is 0 Å². The summed E-state index contributed by atoms with van der Waals surface area (Å²) < 4.78 is 0. The largest absolute Gasteiger partial charge is 0.370 e. The number of pyridine rings is 1. The zero-order chi connectivity index (χ0) is 11.1. The van der Waals surface area contributed by atoms with E-state index in [4.69, 9.17) is 0 Å². The lowest BCUT2D eigenvalue weighted by Gasteiger charge is -2.09. The van der Waals surface area contributed by atoms with E-state index in [9.17, 15) is 0 Å². The van der Waals surface area contributed by atoms with Gasteiger partial charge in [0.15, 0.2) is 0 Å². The highest BCUT2D eigenvalue weighted by Gasteiger charge is 2.02. The van der Waals surface area contributed by atoms with E-state index in [1.165, 1.54) is 11.3 Å². The van der Waals surface area contributed by atoms with E-state index in [1.807, 2.05) is 24.0 Å². The molecular formula is C12H20N2S. The molecule has 0 saturated carbocycles. The molecule has 15 heavy (non-hydrogen) atoms. The van der Waals surface area contributed by atoms with Crippen LogP contribution < -0.4 is 5.32 Å². The van der Waals surface area contributed by atoms with Crippen LogP contribution in [0.4, 0.5) is 5.82 Å². The van der Waals surface area contributed by atoms with Crippen molar-refractivity contribution in [2.24, 2.45) is 5.92 Å². The fraction of sp³-hybridized carbons (Fsp3) is 0.583. The zero-order valence-corrected chi connectivity index (χ0v) is 10.6. The van der Waals surface area contributed by atoms with Crippen molar-refractivity contribution in [2.45, 2.75) is 26.5 Å². The van der Waals surface area contributed by atoms with Crippen molar-refractivity contribution in [3.05, 3.63) is 23.9 Å². The van der Waals surface area contributed by atoms with Gasteiger partial charge < -0.3 is 5.32 Å². The average molecular weight is 224 g/mol. The molecule has 1 aromatic heterocycles. The van der Waals surface area contributed by atoms with E-state index in [0.717, 1.165) is 24.0 Å². The number of rotatable bonds is 6. The van der Waals surface area contributed by atoms with Crippen LogP contribution in [-0.2, 0) is 5.75 Å². The highest BCUT2D eigenvalue weighted by molar-refractivity contribution is 7.98. The van der Waals surface area contributed by atoms with E-state index in [0.29, 0.717) is 0 Å². The molecule has 0 aromatic carbocycles. The second kappa shape index (κ2) is 6.72. The number of anilines is 1. The smallest absolute Gasteiger partial charge is 0.129 e. The summed E-state index contributed by atoms with van der Waals surface area (Å²) in [7, 11) is 0. The van der Waals surface area contributed by atoms with Gasteiger partial charge in [-0.1, -0.05) is 19.9 Å². The van der Waals surface area contributed by atoms with E-state index >= 15 is 0 Å². The Morgan fingerprint density at radius 1 is 1.47 bits per heavy atom. The van der Waals surface area contributed by atoms with Crippen LogP contribution in [0, 0.1) is 5.92 Å². The molecule has 1 heterocycles. The molecule has 2 nitrogen and oxygen atoms in total. The van der Waals surface area contributed by atoms with Gasteiger partial charge in [-0.15, -0.1) is 0 Å². The monoisotopic (exact) mass is 224 g/mol. The molecule has 0 spiro atoms. The lowest BCUT2D eigenvalue weighted by Crippen LogP contribution is -2.02. The SMILES string of the molecule is CCNc1ncccc1CSCC(C)C. The number of nitrogens with zero attached hydrogens (tertiary/aromatic N) is 1. The van der Waals surface area contributed by atoms with Gasteiger partial charge >= 0.3 is 0 Å². The number of aromatic nitrogens is 1. The van der Waals surface area contributed by atoms with Gasteiger partial charge in [0.05, 0.1) is 0 Å². The summed E-state index contributed by atoms with van der Waals surface area (Å²) >= 11 is 1.97. The molecule has 1 rings (SSSR count). The van der Waals surface area contributed by atoms with Gasteiger partial charge in [-0.25, -0.2) is 4.98 Å². The summed E-state index contributed by atoms with van der Waals surface area (Å²) in [6.45, 7) is 7.53. The first kappa shape index (κ1) is 12.4. The molecule has 0 unspecified atom stereocenters. The Hall–Kier alpha value is -0.700. The van der Waals surface area contributed by atoms with Crippen LogP contribution in [-0.4, -0.2) is 17.3 Å². The summed E-state index contributed by atoms with van der Waals surface area (Å²) in [4.78, 5) is 4.34. The summed E-state index contributed by atoms with van der Waals surface area (Å²) in [5.74, 6) is 4.06. The standard InChI is InChI=1S/C12H20N2S/c1-4-13-12-11(6-5-7-14-12)9-15-8-10(2)3/h5-7,10H,4,8-9H2,1-3H3,(H,13,14). The molecule has 0 bridgehead atoms. The third-order valence-corrected chi connectivity index (χ3v) is 3.36. The van der Waals surface area contributed by atoms with Gasteiger partial charge in [0.25, 0.3) is 0 Å². The molecule has 0 atom stereocenters. The van der Waals surface area contributed by atoms with Gasteiger partial charge in [0.2, 0.25) is 0 Å². The average Bonchev–Trinajstić information content (AvgIpc) is 2.20. The Bertz CT molecular complexity index is 287. The van der Waals surface area contributed by atoms with Crippen LogP contribution in [0.25, 0.3) is 0 Å². The molecule has 0 saturated heterocycles. The first-order valence-corrected chi connectivity index (χ1v) is 6.65. The molecule has 0 aliphatic rings. The van der Waals surface area contributed by atoms with Crippen molar-refractivity contribution in [3.8, 4) is 0 Å². The summed E-state index contributed by atoms with van der Waals surface area (Å²) in [6.07, 6.45) is 1.84. The molecular weight excluding hydrogens is 204 g/mol. The van der Waals surface area contributed by atoms with Crippen LogP contribution in [0.3, 0.4) is 0 Å². The highest BCUT2D eigenvalue weighted by Crippen LogP contribution is 2.20. The van der Waals surface area contributed by atoms with Gasteiger partial charge in [-0.2, -0.15) is 11.8 Å². The number of thioether (sulfide) groups is 1. The van der Waals surface area contributed by atoms with Crippen LogP contribution in [0.15, 0.2) is 18.3 Å². The van der Waals surface area contributed by atoms with Gasteiger partial charge in [-0.05, 0) is 24.7 Å². The molecule has 1 aromatic rings. The van der Waals surface area contributed by atoms with Crippen LogP contribution >= 0.6 is 11.8 Å². The molecule has 0 aliphatic carbocycles. The van der Waals surface area contributed by atoms with Crippen molar-refractivity contribution < 1.29 is 0 Å². The van der Waals surface area contributed by atoms with Crippen LogP contribution in [0.5, 0.6) is 0 Å². The predicted molar refractivity (Wildman–Crippen MR) is 69.4 cm³/mol. The molecule has 84 valence electrons. The van der Waals surface area contributed by atoms with Crippen molar-refractivity contribution in [2.75, 3.05) is 17.6 Å². The number of hydrogen-bond acceptors (Lipinski definition) is 3. The molecule has 0 amide bonds. The van der Waals surface area contributed by atoms with Crippen molar-refractivity contribution in [3.63, 3.8) is 0 Å². The molecule has 3 heteroatoms. The minimum atomic E-state index is 0.759. The van der Waals surface area contributed by atoms with E-state index < -0.39 is 0 Å². The zero-order valence-electron chi connectivity index (χ0n) is 9.79. The second-order valence-electron chi connectivity index (χ2n) is 3.95. The minimum Gasteiger partial charge on any atom is -0.370 e. The van der Waals surface area contributed by atoms with Crippen LogP contribution in [0.1, 0.15) is 26.3 Å². The molecule has 0 radical (unpaired) electrons. The number of nitrogens with one attached hydrogen (secondary N) is 1. The quantitative estimate of drug-likeness (QED) is 0.801. The van der Waals surface area contributed by atoms with Gasteiger partial charge in [-0.3, -0.25) is 0 Å². The lowest BCUT2D eigenvalue weighted by atomic mass is 10.3. The summed E-state index contributed by atoms with van der Waals surface area (Å²) in [5, 5.41) is 3.29. The highest BCUT2D eigenvalue weighted by atomic mass is 32.2. The summed E-state index contributed by atoms with van der Waals surface area (Å²) in [6, 6.07) is 4.16.